The molecule has 3 nitrogen and oxygen atoms in total. The number of hydrogen-bond donors (Lipinski definition) is 2. The third kappa shape index (κ3) is 8.90. The van der Waals surface area contributed by atoms with Gasteiger partial charge in [-0.15, -0.1) is 0 Å². The van der Waals surface area contributed by atoms with Gasteiger partial charge in [-0.3, -0.25) is 0 Å². The Balaban J connectivity index is 1.75. The van der Waals surface area contributed by atoms with Crippen LogP contribution in [0.1, 0.15) is 52.4 Å². The first-order valence-corrected chi connectivity index (χ1v) is 7.82. The van der Waals surface area contributed by atoms with Crippen molar-refractivity contribution in [2.24, 2.45) is 5.92 Å². The standard InChI is InChI=1S/C15H32N2O/c1-14(2)6-3-4-9-16-10-5-13-18-15-7-11-17-12-8-15/h14-17H,3-13H2,1-2H3. The van der Waals surface area contributed by atoms with Gasteiger partial charge in [0, 0.05) is 6.61 Å². The van der Waals surface area contributed by atoms with Crippen LogP contribution in [-0.2, 0) is 4.74 Å². The summed E-state index contributed by atoms with van der Waals surface area (Å²) < 4.78 is 5.86. The Morgan fingerprint density at radius 3 is 2.56 bits per heavy atom. The van der Waals surface area contributed by atoms with Gasteiger partial charge in [0.25, 0.3) is 0 Å². The number of nitrogens with one attached hydrogen (secondary N) is 2. The van der Waals surface area contributed by atoms with Gasteiger partial charge in [-0.25, -0.2) is 0 Å². The molecule has 0 unspecified atom stereocenters. The lowest BCUT2D eigenvalue weighted by Gasteiger charge is -2.22. The normalized spacial score (nSPS) is 17.5. The Morgan fingerprint density at radius 1 is 1.11 bits per heavy atom. The van der Waals surface area contributed by atoms with Crippen molar-refractivity contribution >= 4 is 0 Å². The average molecular weight is 256 g/mol. The van der Waals surface area contributed by atoms with Crippen LogP contribution in [0.5, 0.6) is 0 Å². The van der Waals surface area contributed by atoms with Crippen LogP contribution in [0, 0.1) is 5.92 Å². The summed E-state index contributed by atoms with van der Waals surface area (Å²) in [7, 11) is 0. The SMILES string of the molecule is CC(C)CCCCNCCCOC1CCNCC1. The van der Waals surface area contributed by atoms with Crippen LogP contribution in [0.2, 0.25) is 0 Å². The lowest BCUT2D eigenvalue weighted by molar-refractivity contribution is 0.0318. The lowest BCUT2D eigenvalue weighted by atomic mass is 10.1. The topological polar surface area (TPSA) is 33.3 Å². The minimum atomic E-state index is 0.511. The minimum Gasteiger partial charge on any atom is -0.378 e. The van der Waals surface area contributed by atoms with Crippen molar-refractivity contribution in [1.82, 2.24) is 10.6 Å². The van der Waals surface area contributed by atoms with Gasteiger partial charge in [-0.2, -0.15) is 0 Å². The number of rotatable bonds is 10. The molecule has 3 heteroatoms. The predicted molar refractivity (Wildman–Crippen MR) is 78.0 cm³/mol. The Kier molecular flexibility index (Phi) is 9.54. The van der Waals surface area contributed by atoms with Crippen LogP contribution in [0.3, 0.4) is 0 Å². The molecule has 0 atom stereocenters. The highest BCUT2D eigenvalue weighted by atomic mass is 16.5. The fourth-order valence-electron chi connectivity index (χ4n) is 2.34. The summed E-state index contributed by atoms with van der Waals surface area (Å²) in [5, 5.41) is 6.86. The first-order chi connectivity index (χ1) is 8.79. The van der Waals surface area contributed by atoms with Gasteiger partial charge in [-0.1, -0.05) is 26.7 Å². The number of ether oxygens (including phenoxy) is 1. The molecule has 1 fully saturated rings. The Hall–Kier alpha value is -0.120. The van der Waals surface area contributed by atoms with E-state index in [1.54, 1.807) is 0 Å². The average Bonchev–Trinajstić information content (AvgIpc) is 2.37. The van der Waals surface area contributed by atoms with E-state index in [4.69, 9.17) is 4.74 Å². The molecule has 0 aromatic rings. The van der Waals surface area contributed by atoms with E-state index >= 15 is 0 Å². The molecule has 1 heterocycles. The molecule has 0 radical (unpaired) electrons. The van der Waals surface area contributed by atoms with Gasteiger partial charge in [0.2, 0.25) is 0 Å². The van der Waals surface area contributed by atoms with E-state index in [0.29, 0.717) is 6.10 Å². The quantitative estimate of drug-likeness (QED) is 0.589. The fraction of sp³-hybridized carbons (Fsp3) is 1.00. The molecule has 18 heavy (non-hydrogen) atoms. The first-order valence-electron chi connectivity index (χ1n) is 7.82. The van der Waals surface area contributed by atoms with Gasteiger partial charge < -0.3 is 15.4 Å². The van der Waals surface area contributed by atoms with Crippen LogP contribution < -0.4 is 10.6 Å². The smallest absolute Gasteiger partial charge is 0.0599 e. The molecule has 2 N–H and O–H groups in total. The Labute approximate surface area is 113 Å². The number of unbranched alkanes of at least 4 members (excludes halogenated alkanes) is 1. The zero-order chi connectivity index (χ0) is 13.1. The largest absolute Gasteiger partial charge is 0.378 e. The summed E-state index contributed by atoms with van der Waals surface area (Å²) in [6.45, 7) is 10.0. The lowest BCUT2D eigenvalue weighted by Crippen LogP contribution is -2.33. The van der Waals surface area contributed by atoms with E-state index < -0.39 is 0 Å². The summed E-state index contributed by atoms with van der Waals surface area (Å²) in [4.78, 5) is 0. The second-order valence-electron chi connectivity index (χ2n) is 5.81. The molecule has 0 bridgehead atoms. The van der Waals surface area contributed by atoms with Crippen molar-refractivity contribution in [2.75, 3.05) is 32.8 Å². The van der Waals surface area contributed by atoms with E-state index in [-0.39, 0.29) is 0 Å². The summed E-state index contributed by atoms with van der Waals surface area (Å²) in [6, 6.07) is 0. The number of piperidine rings is 1. The van der Waals surface area contributed by atoms with Gasteiger partial charge >= 0.3 is 0 Å². The van der Waals surface area contributed by atoms with Crippen LogP contribution in [-0.4, -0.2) is 38.9 Å². The molecule has 0 aromatic heterocycles. The van der Waals surface area contributed by atoms with Gasteiger partial charge in [0.05, 0.1) is 6.10 Å². The molecule has 0 aliphatic carbocycles. The van der Waals surface area contributed by atoms with E-state index in [2.05, 4.69) is 24.5 Å². The summed E-state index contributed by atoms with van der Waals surface area (Å²) in [5.41, 5.74) is 0. The Morgan fingerprint density at radius 2 is 1.83 bits per heavy atom. The van der Waals surface area contributed by atoms with E-state index in [1.165, 1.54) is 38.6 Å². The van der Waals surface area contributed by atoms with Gasteiger partial charge in [0.1, 0.15) is 0 Å². The molecule has 0 spiro atoms. The third-order valence-corrected chi connectivity index (χ3v) is 3.52. The highest BCUT2D eigenvalue weighted by Gasteiger charge is 2.12. The maximum absolute atomic E-state index is 5.86. The van der Waals surface area contributed by atoms with Gasteiger partial charge in [0.15, 0.2) is 0 Å². The van der Waals surface area contributed by atoms with E-state index in [9.17, 15) is 0 Å². The van der Waals surface area contributed by atoms with E-state index in [0.717, 1.165) is 38.6 Å². The zero-order valence-electron chi connectivity index (χ0n) is 12.3. The van der Waals surface area contributed by atoms with Crippen LogP contribution in [0.4, 0.5) is 0 Å². The van der Waals surface area contributed by atoms with Crippen molar-refractivity contribution in [3.63, 3.8) is 0 Å². The molecule has 0 saturated carbocycles. The highest BCUT2D eigenvalue weighted by Crippen LogP contribution is 2.07. The summed E-state index contributed by atoms with van der Waals surface area (Å²) in [6.07, 6.45) is 8.06. The molecule has 0 aromatic carbocycles. The zero-order valence-corrected chi connectivity index (χ0v) is 12.3. The molecule has 1 saturated heterocycles. The van der Waals surface area contributed by atoms with Gasteiger partial charge in [-0.05, 0) is 57.8 Å². The molecule has 1 aliphatic rings. The third-order valence-electron chi connectivity index (χ3n) is 3.52. The molecule has 1 rings (SSSR count). The predicted octanol–water partition coefficient (Wildman–Crippen LogP) is 2.56. The molecule has 0 amide bonds. The second kappa shape index (κ2) is 10.8. The molecule has 108 valence electrons. The first kappa shape index (κ1) is 15.9. The summed E-state index contributed by atoms with van der Waals surface area (Å²) >= 11 is 0. The van der Waals surface area contributed by atoms with Crippen LogP contribution in [0.25, 0.3) is 0 Å². The second-order valence-corrected chi connectivity index (χ2v) is 5.81. The number of hydrogen-bond acceptors (Lipinski definition) is 3. The Bertz CT molecular complexity index is 179. The van der Waals surface area contributed by atoms with Crippen LogP contribution in [0.15, 0.2) is 0 Å². The van der Waals surface area contributed by atoms with Crippen molar-refractivity contribution in [3.05, 3.63) is 0 Å². The van der Waals surface area contributed by atoms with Crippen LogP contribution >= 0.6 is 0 Å². The molecular weight excluding hydrogens is 224 g/mol. The highest BCUT2D eigenvalue weighted by molar-refractivity contribution is 4.68. The van der Waals surface area contributed by atoms with Crippen molar-refractivity contribution in [1.29, 1.82) is 0 Å². The molecule has 1 aliphatic heterocycles. The molecular formula is C15H32N2O. The van der Waals surface area contributed by atoms with Crippen molar-refractivity contribution in [3.8, 4) is 0 Å². The summed E-state index contributed by atoms with van der Waals surface area (Å²) in [5.74, 6) is 0.850. The van der Waals surface area contributed by atoms with Crippen molar-refractivity contribution < 1.29 is 4.74 Å². The fourth-order valence-corrected chi connectivity index (χ4v) is 2.34. The maximum atomic E-state index is 5.86. The minimum absolute atomic E-state index is 0.511. The van der Waals surface area contributed by atoms with E-state index in [1.807, 2.05) is 0 Å². The van der Waals surface area contributed by atoms with Crippen molar-refractivity contribution in [2.45, 2.75) is 58.5 Å². The monoisotopic (exact) mass is 256 g/mol. The maximum Gasteiger partial charge on any atom is 0.0599 e.